The number of carboxylic acids is 1. The molecule has 1 heterocycles. The minimum absolute atomic E-state index is 0.0255. The van der Waals surface area contributed by atoms with Crippen LogP contribution in [0.1, 0.15) is 10.4 Å². The summed E-state index contributed by atoms with van der Waals surface area (Å²) in [7, 11) is 0. The van der Waals surface area contributed by atoms with Gasteiger partial charge in [0, 0.05) is 12.1 Å². The third kappa shape index (κ3) is 3.42. The number of aromatic nitrogens is 1. The summed E-state index contributed by atoms with van der Waals surface area (Å²) in [5, 5.41) is 8.86. The summed E-state index contributed by atoms with van der Waals surface area (Å²) >= 11 is 8.88. The van der Waals surface area contributed by atoms with Crippen molar-refractivity contribution in [3.8, 4) is 11.6 Å². The monoisotopic (exact) mass is 345 g/mol. The average Bonchev–Trinajstić information content (AvgIpc) is 2.33. The molecule has 7 heteroatoms. The SMILES string of the molecule is O=C(O)c1cc(Cl)nc(Oc2cc(F)ccc2Br)c1. The first-order valence-corrected chi connectivity index (χ1v) is 6.16. The zero-order valence-electron chi connectivity index (χ0n) is 9.23. The second-order valence-electron chi connectivity index (χ2n) is 3.50. The summed E-state index contributed by atoms with van der Waals surface area (Å²) in [5.74, 6) is -1.51. The van der Waals surface area contributed by atoms with Crippen LogP contribution in [0.5, 0.6) is 11.6 Å². The van der Waals surface area contributed by atoms with Crippen LogP contribution in [0.25, 0.3) is 0 Å². The van der Waals surface area contributed by atoms with Gasteiger partial charge in [0.1, 0.15) is 16.7 Å². The Morgan fingerprint density at radius 2 is 2.11 bits per heavy atom. The molecule has 0 aliphatic carbocycles. The Bertz CT molecular complexity index is 651. The van der Waals surface area contributed by atoms with E-state index in [2.05, 4.69) is 20.9 Å². The number of ether oxygens (including phenoxy) is 1. The minimum atomic E-state index is -1.16. The van der Waals surface area contributed by atoms with E-state index in [1.165, 1.54) is 24.3 Å². The smallest absolute Gasteiger partial charge is 0.335 e. The molecule has 98 valence electrons. The summed E-state index contributed by atoms with van der Waals surface area (Å²) in [6.07, 6.45) is 0. The largest absolute Gasteiger partial charge is 0.478 e. The van der Waals surface area contributed by atoms with Gasteiger partial charge in [0.2, 0.25) is 5.88 Å². The van der Waals surface area contributed by atoms with Gasteiger partial charge in [-0.3, -0.25) is 0 Å². The van der Waals surface area contributed by atoms with Crippen LogP contribution in [-0.4, -0.2) is 16.1 Å². The van der Waals surface area contributed by atoms with Gasteiger partial charge in [-0.25, -0.2) is 14.2 Å². The minimum Gasteiger partial charge on any atom is -0.478 e. The number of rotatable bonds is 3. The Hall–Kier alpha value is -1.66. The molecule has 2 rings (SSSR count). The zero-order chi connectivity index (χ0) is 14.0. The predicted molar refractivity (Wildman–Crippen MR) is 70.4 cm³/mol. The molecule has 0 unspecified atom stereocenters. The van der Waals surface area contributed by atoms with Crippen LogP contribution in [0.3, 0.4) is 0 Å². The third-order valence-corrected chi connectivity index (χ3v) is 2.97. The summed E-state index contributed by atoms with van der Waals surface area (Å²) < 4.78 is 18.9. The molecule has 2 aromatic rings. The maximum Gasteiger partial charge on any atom is 0.335 e. The molecule has 1 aromatic carbocycles. The zero-order valence-corrected chi connectivity index (χ0v) is 11.6. The van der Waals surface area contributed by atoms with Crippen molar-refractivity contribution in [3.05, 3.63) is 51.3 Å². The maximum absolute atomic E-state index is 13.1. The molecular weight excluding hydrogens is 340 g/mol. The molecule has 0 aliphatic rings. The van der Waals surface area contributed by atoms with E-state index in [1.807, 2.05) is 0 Å². The fraction of sp³-hybridized carbons (Fsp3) is 0. The van der Waals surface area contributed by atoms with E-state index in [9.17, 15) is 9.18 Å². The average molecular weight is 347 g/mol. The lowest BCUT2D eigenvalue weighted by atomic mass is 10.3. The number of nitrogens with zero attached hydrogens (tertiary/aromatic N) is 1. The van der Waals surface area contributed by atoms with E-state index >= 15 is 0 Å². The van der Waals surface area contributed by atoms with Crippen molar-refractivity contribution in [2.45, 2.75) is 0 Å². The normalized spacial score (nSPS) is 10.3. The van der Waals surface area contributed by atoms with Crippen LogP contribution in [-0.2, 0) is 0 Å². The van der Waals surface area contributed by atoms with Gasteiger partial charge in [-0.1, -0.05) is 11.6 Å². The third-order valence-electron chi connectivity index (χ3n) is 2.13. The van der Waals surface area contributed by atoms with Crippen molar-refractivity contribution in [3.63, 3.8) is 0 Å². The van der Waals surface area contributed by atoms with Gasteiger partial charge < -0.3 is 9.84 Å². The van der Waals surface area contributed by atoms with E-state index in [4.69, 9.17) is 21.4 Å². The van der Waals surface area contributed by atoms with Crippen molar-refractivity contribution < 1.29 is 19.0 Å². The van der Waals surface area contributed by atoms with Crippen LogP contribution in [0.4, 0.5) is 4.39 Å². The van der Waals surface area contributed by atoms with Gasteiger partial charge in [-0.2, -0.15) is 0 Å². The number of carbonyl (C=O) groups is 1. The first-order valence-electron chi connectivity index (χ1n) is 4.99. The highest BCUT2D eigenvalue weighted by Crippen LogP contribution is 2.30. The first kappa shape index (κ1) is 13.8. The second-order valence-corrected chi connectivity index (χ2v) is 4.74. The summed E-state index contributed by atoms with van der Waals surface area (Å²) in [4.78, 5) is 14.7. The van der Waals surface area contributed by atoms with Gasteiger partial charge in [0.05, 0.1) is 10.0 Å². The number of benzene rings is 1. The Kier molecular flexibility index (Phi) is 4.01. The summed E-state index contributed by atoms with van der Waals surface area (Å²) in [6.45, 7) is 0. The predicted octanol–water partition coefficient (Wildman–Crippen LogP) is 4.13. The number of aromatic carboxylic acids is 1. The molecule has 0 saturated carbocycles. The molecule has 1 aromatic heterocycles. The van der Waals surface area contributed by atoms with Gasteiger partial charge in [0.25, 0.3) is 0 Å². The fourth-order valence-corrected chi connectivity index (χ4v) is 1.85. The highest BCUT2D eigenvalue weighted by molar-refractivity contribution is 9.10. The van der Waals surface area contributed by atoms with E-state index in [-0.39, 0.29) is 22.3 Å². The van der Waals surface area contributed by atoms with E-state index in [0.717, 1.165) is 6.07 Å². The molecule has 4 nitrogen and oxygen atoms in total. The van der Waals surface area contributed by atoms with Crippen LogP contribution >= 0.6 is 27.5 Å². The van der Waals surface area contributed by atoms with Crippen molar-refractivity contribution in [1.29, 1.82) is 0 Å². The van der Waals surface area contributed by atoms with Gasteiger partial charge in [-0.15, -0.1) is 0 Å². The molecule has 0 aliphatic heterocycles. The lowest BCUT2D eigenvalue weighted by molar-refractivity contribution is 0.0696. The molecule has 0 radical (unpaired) electrons. The van der Waals surface area contributed by atoms with Crippen molar-refractivity contribution in [2.75, 3.05) is 0 Å². The summed E-state index contributed by atoms with van der Waals surface area (Å²) in [6, 6.07) is 6.26. The topological polar surface area (TPSA) is 59.4 Å². The highest BCUT2D eigenvalue weighted by atomic mass is 79.9. The standard InChI is InChI=1S/C12H6BrClFNO3/c13-8-2-1-7(15)5-9(8)19-11-4-6(12(17)18)3-10(14)16-11/h1-5H,(H,17,18). The molecule has 1 N–H and O–H groups in total. The number of hydrogen-bond acceptors (Lipinski definition) is 3. The molecular formula is C12H6BrClFNO3. The lowest BCUT2D eigenvalue weighted by Crippen LogP contribution is -1.99. The van der Waals surface area contributed by atoms with Gasteiger partial charge >= 0.3 is 5.97 Å². The molecule has 0 fully saturated rings. The Labute approximate surface area is 120 Å². The molecule has 0 spiro atoms. The number of pyridine rings is 1. The van der Waals surface area contributed by atoms with Crippen LogP contribution < -0.4 is 4.74 Å². The maximum atomic E-state index is 13.1. The van der Waals surface area contributed by atoms with Crippen LogP contribution in [0, 0.1) is 5.82 Å². The van der Waals surface area contributed by atoms with Gasteiger partial charge in [0.15, 0.2) is 0 Å². The molecule has 0 amide bonds. The van der Waals surface area contributed by atoms with E-state index in [0.29, 0.717) is 4.47 Å². The quantitative estimate of drug-likeness (QED) is 0.849. The highest BCUT2D eigenvalue weighted by Gasteiger charge is 2.11. The Balaban J connectivity index is 2.38. The molecule has 19 heavy (non-hydrogen) atoms. The Morgan fingerprint density at radius 1 is 1.37 bits per heavy atom. The second kappa shape index (κ2) is 5.54. The molecule has 0 bridgehead atoms. The van der Waals surface area contributed by atoms with Crippen LogP contribution in [0.2, 0.25) is 5.15 Å². The van der Waals surface area contributed by atoms with Crippen molar-refractivity contribution >= 4 is 33.5 Å². The first-order chi connectivity index (χ1) is 8.95. The van der Waals surface area contributed by atoms with Crippen molar-refractivity contribution in [2.24, 2.45) is 0 Å². The number of hydrogen-bond donors (Lipinski definition) is 1. The summed E-state index contributed by atoms with van der Waals surface area (Å²) in [5.41, 5.74) is -0.0671. The van der Waals surface area contributed by atoms with Crippen LogP contribution in [0.15, 0.2) is 34.8 Å². The van der Waals surface area contributed by atoms with E-state index < -0.39 is 11.8 Å². The fourth-order valence-electron chi connectivity index (χ4n) is 1.32. The number of carboxylic acid groups (broad SMARTS) is 1. The van der Waals surface area contributed by atoms with Gasteiger partial charge in [-0.05, 0) is 34.1 Å². The van der Waals surface area contributed by atoms with Crippen molar-refractivity contribution in [1.82, 2.24) is 4.98 Å². The molecule has 0 saturated heterocycles. The number of halogens is 3. The molecule has 0 atom stereocenters. The lowest BCUT2D eigenvalue weighted by Gasteiger charge is -2.08. The van der Waals surface area contributed by atoms with E-state index in [1.54, 1.807) is 0 Å². The Morgan fingerprint density at radius 3 is 2.79 bits per heavy atom.